The molecule has 6 nitrogen and oxygen atoms in total. The molecule has 0 bridgehead atoms. The second-order valence-corrected chi connectivity index (χ2v) is 5.66. The summed E-state index contributed by atoms with van der Waals surface area (Å²) in [5.41, 5.74) is -6.82. The largest absolute Gasteiger partial charge is 0.534 e. The number of carbonyl (C=O) groups excluding carboxylic acids is 1. The van der Waals surface area contributed by atoms with Crippen molar-refractivity contribution < 1.29 is 44.1 Å². The van der Waals surface area contributed by atoms with Crippen molar-refractivity contribution in [2.24, 2.45) is 0 Å². The van der Waals surface area contributed by atoms with Crippen LogP contribution in [0, 0.1) is 11.6 Å². The summed E-state index contributed by atoms with van der Waals surface area (Å²) < 4.78 is 93.9. The van der Waals surface area contributed by atoms with Crippen molar-refractivity contribution >= 4 is 27.0 Å². The quantitative estimate of drug-likeness (QED) is 0.394. The highest BCUT2D eigenvalue weighted by Crippen LogP contribution is 2.34. The van der Waals surface area contributed by atoms with Gasteiger partial charge in [0.05, 0.1) is 12.6 Å². The molecule has 126 valence electrons. The summed E-state index contributed by atoms with van der Waals surface area (Å²) in [7, 11) is -5.25. The van der Waals surface area contributed by atoms with Gasteiger partial charge in [0, 0.05) is 5.39 Å². The summed E-state index contributed by atoms with van der Waals surface area (Å²) in [5.74, 6) is -6.17. The molecule has 0 atom stereocenters. The molecule has 2 aromatic rings. The molecule has 12 heteroatoms. The van der Waals surface area contributed by atoms with Gasteiger partial charge < -0.3 is 13.9 Å². The molecule has 0 aliphatic carbocycles. The Kier molecular flexibility index (Phi) is 3.96. The van der Waals surface area contributed by atoms with Crippen LogP contribution in [-0.4, -0.2) is 32.0 Å². The van der Waals surface area contributed by atoms with E-state index in [4.69, 9.17) is 0 Å². The molecule has 1 aromatic heterocycles. The standard InChI is InChI=1S/C11H6F5NO5S/c1-21-10(18)6-3-4-2-5(12)9(7(13)8(4)17-6)22-23(19,20)11(14,15)16/h2-3,17H,1H3. The Morgan fingerprint density at radius 2 is 1.83 bits per heavy atom. The molecule has 0 unspecified atom stereocenters. The molecule has 1 heterocycles. The SMILES string of the molecule is COC(=O)c1cc2cc(F)c(OS(=O)(=O)C(F)(F)F)c(F)c2[nH]1. The molecule has 1 N–H and O–H groups in total. The lowest BCUT2D eigenvalue weighted by Crippen LogP contribution is -2.28. The maximum absolute atomic E-state index is 14.0. The first-order valence-electron chi connectivity index (χ1n) is 5.57. The number of aromatic nitrogens is 1. The van der Waals surface area contributed by atoms with Crippen molar-refractivity contribution in [1.29, 1.82) is 0 Å². The number of alkyl halides is 3. The number of aromatic amines is 1. The summed E-state index contributed by atoms with van der Waals surface area (Å²) in [6.07, 6.45) is 0. The average Bonchev–Trinajstić information content (AvgIpc) is 2.85. The molecular weight excluding hydrogens is 353 g/mol. The van der Waals surface area contributed by atoms with E-state index >= 15 is 0 Å². The highest BCUT2D eigenvalue weighted by molar-refractivity contribution is 7.88. The molecule has 0 radical (unpaired) electrons. The lowest BCUT2D eigenvalue weighted by atomic mass is 10.2. The normalized spacial score (nSPS) is 12.4. The number of methoxy groups -OCH3 is 1. The molecule has 2 rings (SSSR count). The third-order valence-corrected chi connectivity index (χ3v) is 3.60. The number of halogens is 5. The smallest absolute Gasteiger partial charge is 0.464 e. The summed E-state index contributed by atoms with van der Waals surface area (Å²) in [4.78, 5) is 13.4. The average molecular weight is 359 g/mol. The fourth-order valence-corrected chi connectivity index (χ4v) is 2.11. The van der Waals surface area contributed by atoms with E-state index in [2.05, 4.69) is 13.9 Å². The Labute approximate surface area is 124 Å². The van der Waals surface area contributed by atoms with E-state index < -0.39 is 44.5 Å². The van der Waals surface area contributed by atoms with Crippen LogP contribution < -0.4 is 4.18 Å². The first kappa shape index (κ1) is 17.0. The van der Waals surface area contributed by atoms with E-state index in [-0.39, 0.29) is 11.1 Å². The first-order valence-corrected chi connectivity index (χ1v) is 6.98. The van der Waals surface area contributed by atoms with Gasteiger partial charge in [-0.15, -0.1) is 0 Å². The number of fused-ring (bicyclic) bond motifs is 1. The highest BCUT2D eigenvalue weighted by Gasteiger charge is 2.49. The summed E-state index contributed by atoms with van der Waals surface area (Å²) in [6, 6.07) is 1.47. The van der Waals surface area contributed by atoms with Crippen LogP contribution in [0.1, 0.15) is 10.5 Å². The van der Waals surface area contributed by atoms with Crippen molar-refractivity contribution in [3.8, 4) is 5.75 Å². The molecule has 23 heavy (non-hydrogen) atoms. The van der Waals surface area contributed by atoms with Crippen molar-refractivity contribution in [3.05, 3.63) is 29.5 Å². The van der Waals surface area contributed by atoms with E-state index in [1.807, 2.05) is 0 Å². The van der Waals surface area contributed by atoms with Crippen LogP contribution in [0.15, 0.2) is 12.1 Å². The topological polar surface area (TPSA) is 85.5 Å². The number of nitrogens with one attached hydrogen (secondary N) is 1. The van der Waals surface area contributed by atoms with Gasteiger partial charge in [0.2, 0.25) is 5.75 Å². The van der Waals surface area contributed by atoms with Gasteiger partial charge in [-0.25, -0.2) is 13.6 Å². The Morgan fingerprint density at radius 1 is 1.22 bits per heavy atom. The molecule has 0 fully saturated rings. The number of hydrogen-bond acceptors (Lipinski definition) is 5. The fraction of sp³-hybridized carbons (Fsp3) is 0.182. The van der Waals surface area contributed by atoms with Crippen LogP contribution in [0.2, 0.25) is 0 Å². The van der Waals surface area contributed by atoms with Gasteiger partial charge in [0.1, 0.15) is 5.69 Å². The number of hydrogen-bond donors (Lipinski definition) is 1. The lowest BCUT2D eigenvalue weighted by Gasteiger charge is -2.11. The lowest BCUT2D eigenvalue weighted by molar-refractivity contribution is -0.0501. The van der Waals surface area contributed by atoms with Crippen molar-refractivity contribution in [2.45, 2.75) is 5.51 Å². The number of carbonyl (C=O) groups is 1. The second kappa shape index (κ2) is 5.37. The predicted octanol–water partition coefficient (Wildman–Crippen LogP) is 2.46. The van der Waals surface area contributed by atoms with Crippen molar-refractivity contribution in [3.63, 3.8) is 0 Å². The molecule has 1 aromatic carbocycles. The molecule has 0 spiro atoms. The van der Waals surface area contributed by atoms with Crippen molar-refractivity contribution in [1.82, 2.24) is 4.98 Å². The predicted molar refractivity (Wildman–Crippen MR) is 65.2 cm³/mol. The Balaban J connectivity index is 2.60. The first-order chi connectivity index (χ1) is 10.5. The van der Waals surface area contributed by atoms with E-state index in [1.165, 1.54) is 0 Å². The van der Waals surface area contributed by atoms with Gasteiger partial charge in [0.25, 0.3) is 0 Å². The van der Waals surface area contributed by atoms with Gasteiger partial charge in [-0.05, 0) is 12.1 Å². The summed E-state index contributed by atoms with van der Waals surface area (Å²) in [5, 5.41) is -0.239. The van der Waals surface area contributed by atoms with Gasteiger partial charge in [-0.1, -0.05) is 0 Å². The molecule has 0 aliphatic heterocycles. The van der Waals surface area contributed by atoms with Gasteiger partial charge >= 0.3 is 21.6 Å². The van der Waals surface area contributed by atoms with Gasteiger partial charge in [-0.3, -0.25) is 0 Å². The number of benzene rings is 1. The van der Waals surface area contributed by atoms with Crippen LogP contribution in [0.25, 0.3) is 10.9 Å². The van der Waals surface area contributed by atoms with E-state index in [1.54, 1.807) is 0 Å². The number of ether oxygens (including phenoxy) is 1. The van der Waals surface area contributed by atoms with Crippen LogP contribution in [0.4, 0.5) is 22.0 Å². The molecular formula is C11H6F5NO5S. The van der Waals surface area contributed by atoms with E-state index in [0.29, 0.717) is 6.07 Å². The van der Waals surface area contributed by atoms with Gasteiger partial charge in [0.15, 0.2) is 11.6 Å². The van der Waals surface area contributed by atoms with E-state index in [0.717, 1.165) is 13.2 Å². The van der Waals surface area contributed by atoms with E-state index in [9.17, 15) is 35.2 Å². The minimum atomic E-state index is -6.26. The maximum atomic E-state index is 14.0. The zero-order valence-electron chi connectivity index (χ0n) is 11.0. The third-order valence-electron chi connectivity index (χ3n) is 2.65. The molecule has 0 saturated carbocycles. The fourth-order valence-electron chi connectivity index (χ4n) is 1.64. The minimum Gasteiger partial charge on any atom is -0.464 e. The number of rotatable bonds is 3. The van der Waals surface area contributed by atoms with Crippen LogP contribution in [-0.2, 0) is 14.9 Å². The van der Waals surface area contributed by atoms with Gasteiger partial charge in [-0.2, -0.15) is 21.6 Å². The number of esters is 1. The number of H-pyrrole nitrogens is 1. The zero-order valence-corrected chi connectivity index (χ0v) is 11.8. The molecule has 0 amide bonds. The second-order valence-electron chi connectivity index (χ2n) is 4.12. The van der Waals surface area contributed by atoms with Crippen LogP contribution >= 0.6 is 0 Å². The Hall–Kier alpha value is -2.37. The summed E-state index contributed by atoms with van der Waals surface area (Å²) in [6.45, 7) is 0. The van der Waals surface area contributed by atoms with Crippen LogP contribution in [0.3, 0.4) is 0 Å². The summed E-state index contributed by atoms with van der Waals surface area (Å²) >= 11 is 0. The Bertz CT molecular complexity index is 886. The Morgan fingerprint density at radius 3 is 2.35 bits per heavy atom. The highest BCUT2D eigenvalue weighted by atomic mass is 32.2. The minimum absolute atomic E-state index is 0.239. The van der Waals surface area contributed by atoms with Crippen LogP contribution in [0.5, 0.6) is 5.75 Å². The van der Waals surface area contributed by atoms with Crippen molar-refractivity contribution in [2.75, 3.05) is 7.11 Å². The zero-order chi connectivity index (χ0) is 17.6. The maximum Gasteiger partial charge on any atom is 0.534 e. The molecule has 0 aliphatic rings. The monoisotopic (exact) mass is 359 g/mol. The molecule has 0 saturated heterocycles. The third kappa shape index (κ3) is 2.93.